The summed E-state index contributed by atoms with van der Waals surface area (Å²) in [6.07, 6.45) is 0. The molecule has 0 fully saturated rings. The molecule has 1 aliphatic rings. The highest BCUT2D eigenvalue weighted by molar-refractivity contribution is 6.45. The number of rotatable bonds is 2. The fraction of sp³-hybridized carbons (Fsp3) is 0.0667. The third-order valence-electron chi connectivity index (χ3n) is 3.22. The zero-order chi connectivity index (χ0) is 14.3. The summed E-state index contributed by atoms with van der Waals surface area (Å²) < 4.78 is 0. The molecule has 0 bridgehead atoms. The molecule has 0 amide bonds. The SMILES string of the molecule is O=C1c2ccccc2C(=O)c2c(NC(Cl)Cl)cccc21. The maximum Gasteiger partial charge on any atom is 0.196 e. The van der Waals surface area contributed by atoms with Crippen molar-refractivity contribution >= 4 is 40.5 Å². The lowest BCUT2D eigenvalue weighted by atomic mass is 9.83. The number of fused-ring (bicyclic) bond motifs is 2. The number of halogens is 2. The van der Waals surface area contributed by atoms with E-state index in [0.717, 1.165) is 0 Å². The van der Waals surface area contributed by atoms with E-state index in [-0.39, 0.29) is 11.6 Å². The molecule has 0 radical (unpaired) electrons. The number of carbonyl (C=O) groups is 2. The summed E-state index contributed by atoms with van der Waals surface area (Å²) in [5.74, 6) is -0.369. The number of hydrogen-bond acceptors (Lipinski definition) is 3. The summed E-state index contributed by atoms with van der Waals surface area (Å²) in [5, 5.41) is 2.77. The number of nitrogens with one attached hydrogen (secondary N) is 1. The second kappa shape index (κ2) is 4.93. The van der Waals surface area contributed by atoms with Gasteiger partial charge in [-0.2, -0.15) is 0 Å². The molecule has 0 aromatic heterocycles. The molecular formula is C15H9Cl2NO2. The fourth-order valence-corrected chi connectivity index (χ4v) is 2.62. The van der Waals surface area contributed by atoms with Crippen LogP contribution in [0.25, 0.3) is 0 Å². The minimum absolute atomic E-state index is 0.167. The normalized spacial score (nSPS) is 13.2. The monoisotopic (exact) mass is 305 g/mol. The van der Waals surface area contributed by atoms with Crippen LogP contribution in [-0.4, -0.2) is 16.5 Å². The molecule has 0 saturated heterocycles. The highest BCUT2D eigenvalue weighted by Gasteiger charge is 2.31. The summed E-state index contributed by atoms with van der Waals surface area (Å²) in [6, 6.07) is 11.8. The van der Waals surface area contributed by atoms with Crippen LogP contribution in [-0.2, 0) is 0 Å². The van der Waals surface area contributed by atoms with Crippen molar-refractivity contribution in [2.24, 2.45) is 0 Å². The molecule has 0 spiro atoms. The zero-order valence-electron chi connectivity index (χ0n) is 10.2. The van der Waals surface area contributed by atoms with Gasteiger partial charge in [0.1, 0.15) is 0 Å². The number of carbonyl (C=O) groups excluding carboxylic acids is 2. The Kier molecular flexibility index (Phi) is 3.24. The van der Waals surface area contributed by atoms with Crippen LogP contribution in [0.15, 0.2) is 42.5 Å². The van der Waals surface area contributed by atoms with Crippen LogP contribution in [0.3, 0.4) is 0 Å². The molecule has 100 valence electrons. The summed E-state index contributed by atoms with van der Waals surface area (Å²) in [6.45, 7) is 0. The van der Waals surface area contributed by atoms with Gasteiger partial charge in [0.15, 0.2) is 16.5 Å². The van der Waals surface area contributed by atoms with Crippen molar-refractivity contribution in [3.05, 3.63) is 64.7 Å². The zero-order valence-corrected chi connectivity index (χ0v) is 11.7. The van der Waals surface area contributed by atoms with Gasteiger partial charge in [-0.1, -0.05) is 59.6 Å². The molecular weight excluding hydrogens is 297 g/mol. The van der Waals surface area contributed by atoms with E-state index in [1.165, 1.54) is 0 Å². The van der Waals surface area contributed by atoms with Crippen LogP contribution in [0.1, 0.15) is 31.8 Å². The molecule has 0 atom stereocenters. The summed E-state index contributed by atoms with van der Waals surface area (Å²) in [5.41, 5.74) is 1.98. The number of anilines is 1. The molecule has 1 N–H and O–H groups in total. The van der Waals surface area contributed by atoms with Crippen molar-refractivity contribution in [3.8, 4) is 0 Å². The molecule has 0 unspecified atom stereocenters. The van der Waals surface area contributed by atoms with Gasteiger partial charge >= 0.3 is 0 Å². The van der Waals surface area contributed by atoms with Crippen molar-refractivity contribution < 1.29 is 9.59 Å². The molecule has 0 aliphatic heterocycles. The minimum atomic E-state index is -0.860. The number of ketones is 2. The van der Waals surface area contributed by atoms with Gasteiger partial charge in [0.25, 0.3) is 0 Å². The number of alkyl halides is 2. The van der Waals surface area contributed by atoms with E-state index in [0.29, 0.717) is 27.9 Å². The van der Waals surface area contributed by atoms with Gasteiger partial charge in [0.2, 0.25) is 0 Å². The first-order valence-corrected chi connectivity index (χ1v) is 6.83. The third-order valence-corrected chi connectivity index (χ3v) is 3.44. The number of benzene rings is 2. The van der Waals surface area contributed by atoms with E-state index in [1.54, 1.807) is 42.5 Å². The highest BCUT2D eigenvalue weighted by atomic mass is 35.5. The van der Waals surface area contributed by atoms with Crippen molar-refractivity contribution in [2.45, 2.75) is 4.96 Å². The lowest BCUT2D eigenvalue weighted by Crippen LogP contribution is -2.23. The van der Waals surface area contributed by atoms with Crippen molar-refractivity contribution in [2.75, 3.05) is 5.32 Å². The third kappa shape index (κ3) is 1.99. The molecule has 20 heavy (non-hydrogen) atoms. The Bertz CT molecular complexity index is 726. The molecule has 1 aliphatic carbocycles. The largest absolute Gasteiger partial charge is 0.356 e. The van der Waals surface area contributed by atoms with Gasteiger partial charge in [-0.25, -0.2) is 0 Å². The van der Waals surface area contributed by atoms with Crippen molar-refractivity contribution in [1.29, 1.82) is 0 Å². The Morgan fingerprint density at radius 3 is 2.05 bits per heavy atom. The first-order valence-electron chi connectivity index (χ1n) is 5.95. The molecule has 0 heterocycles. The van der Waals surface area contributed by atoms with Crippen LogP contribution in [0.2, 0.25) is 0 Å². The van der Waals surface area contributed by atoms with Gasteiger partial charge in [0.05, 0.1) is 5.56 Å². The molecule has 5 heteroatoms. The Balaban J connectivity index is 2.23. The van der Waals surface area contributed by atoms with Crippen LogP contribution in [0, 0.1) is 0 Å². The van der Waals surface area contributed by atoms with E-state index in [1.807, 2.05) is 0 Å². The Morgan fingerprint density at radius 1 is 0.800 bits per heavy atom. The fourth-order valence-electron chi connectivity index (χ4n) is 2.38. The quantitative estimate of drug-likeness (QED) is 0.581. The average molecular weight is 306 g/mol. The van der Waals surface area contributed by atoms with Crippen molar-refractivity contribution in [1.82, 2.24) is 0 Å². The average Bonchev–Trinajstić information content (AvgIpc) is 2.44. The second-order valence-electron chi connectivity index (χ2n) is 4.38. The highest BCUT2D eigenvalue weighted by Crippen LogP contribution is 2.32. The first-order chi connectivity index (χ1) is 9.59. The van der Waals surface area contributed by atoms with Gasteiger partial charge in [-0.05, 0) is 6.07 Å². The van der Waals surface area contributed by atoms with Crippen LogP contribution in [0.4, 0.5) is 5.69 Å². The van der Waals surface area contributed by atoms with E-state index < -0.39 is 4.96 Å². The Hall–Kier alpha value is -1.84. The van der Waals surface area contributed by atoms with E-state index in [9.17, 15) is 9.59 Å². The minimum Gasteiger partial charge on any atom is -0.356 e. The maximum absolute atomic E-state index is 12.6. The second-order valence-corrected chi connectivity index (χ2v) is 5.47. The van der Waals surface area contributed by atoms with Crippen molar-refractivity contribution in [3.63, 3.8) is 0 Å². The van der Waals surface area contributed by atoms with Crippen LogP contribution in [0.5, 0.6) is 0 Å². The lowest BCUT2D eigenvalue weighted by molar-refractivity contribution is 0.0979. The van der Waals surface area contributed by atoms with Gasteiger partial charge in [0, 0.05) is 22.4 Å². The summed E-state index contributed by atoms with van der Waals surface area (Å²) in [4.78, 5) is 24.2. The topological polar surface area (TPSA) is 46.2 Å². The van der Waals surface area contributed by atoms with Gasteiger partial charge in [-0.15, -0.1) is 0 Å². The molecule has 0 saturated carbocycles. The maximum atomic E-state index is 12.6. The Labute approximate surface area is 125 Å². The predicted molar refractivity (Wildman–Crippen MR) is 78.9 cm³/mol. The standard InChI is InChI=1S/C15H9Cl2NO2/c16-15(17)18-11-7-3-6-10-12(11)14(20)9-5-2-1-4-8(9)13(10)19/h1-7,15,18H. The van der Waals surface area contributed by atoms with E-state index in [2.05, 4.69) is 5.32 Å². The van der Waals surface area contributed by atoms with Gasteiger partial charge < -0.3 is 5.32 Å². The van der Waals surface area contributed by atoms with E-state index in [4.69, 9.17) is 23.2 Å². The van der Waals surface area contributed by atoms with Crippen LogP contribution >= 0.6 is 23.2 Å². The smallest absolute Gasteiger partial charge is 0.196 e. The molecule has 3 rings (SSSR count). The number of hydrogen-bond donors (Lipinski definition) is 1. The molecule has 3 nitrogen and oxygen atoms in total. The summed E-state index contributed by atoms with van der Waals surface area (Å²) >= 11 is 11.4. The lowest BCUT2D eigenvalue weighted by Gasteiger charge is -2.20. The first kappa shape index (κ1) is 13.2. The van der Waals surface area contributed by atoms with E-state index >= 15 is 0 Å². The summed E-state index contributed by atoms with van der Waals surface area (Å²) in [7, 11) is 0. The Morgan fingerprint density at radius 2 is 1.40 bits per heavy atom. The molecule has 2 aromatic rings. The predicted octanol–water partition coefficient (Wildman–Crippen LogP) is 3.64. The van der Waals surface area contributed by atoms with Crippen LogP contribution < -0.4 is 5.32 Å². The molecule has 2 aromatic carbocycles. The van der Waals surface area contributed by atoms with Gasteiger partial charge in [-0.3, -0.25) is 9.59 Å².